The van der Waals surface area contributed by atoms with Crippen LogP contribution in [0.5, 0.6) is 0 Å². The number of rotatable bonds is 6. The van der Waals surface area contributed by atoms with Crippen LogP contribution in [-0.4, -0.2) is 29.1 Å². The van der Waals surface area contributed by atoms with Gasteiger partial charge in [-0.25, -0.2) is 0 Å². The molecule has 1 aromatic rings. The SMILES string of the molecule is CCN(CC)C(CC(=O)O)c1ccc(C(C)(C)C)cc1. The van der Waals surface area contributed by atoms with Crippen LogP contribution in [0, 0.1) is 0 Å². The Kier molecular flexibility index (Phi) is 5.75. The second kappa shape index (κ2) is 6.89. The van der Waals surface area contributed by atoms with Crippen molar-refractivity contribution < 1.29 is 9.90 Å². The highest BCUT2D eigenvalue weighted by molar-refractivity contribution is 5.68. The molecule has 1 unspecified atom stereocenters. The fourth-order valence-corrected chi connectivity index (χ4v) is 2.49. The van der Waals surface area contributed by atoms with Gasteiger partial charge < -0.3 is 5.11 Å². The lowest BCUT2D eigenvalue weighted by molar-refractivity contribution is -0.138. The summed E-state index contributed by atoms with van der Waals surface area (Å²) in [5, 5.41) is 9.14. The van der Waals surface area contributed by atoms with Crippen molar-refractivity contribution in [2.75, 3.05) is 13.1 Å². The molecule has 1 atom stereocenters. The van der Waals surface area contributed by atoms with Crippen LogP contribution in [0.25, 0.3) is 0 Å². The molecule has 1 aromatic carbocycles. The van der Waals surface area contributed by atoms with E-state index in [4.69, 9.17) is 5.11 Å². The summed E-state index contributed by atoms with van der Waals surface area (Å²) in [5.41, 5.74) is 2.48. The Morgan fingerprint density at radius 3 is 2.00 bits per heavy atom. The Hall–Kier alpha value is -1.35. The first-order chi connectivity index (χ1) is 9.29. The molecule has 0 heterocycles. The van der Waals surface area contributed by atoms with E-state index in [0.29, 0.717) is 0 Å². The average Bonchev–Trinajstić information content (AvgIpc) is 2.37. The lowest BCUT2D eigenvalue weighted by Crippen LogP contribution is -2.30. The zero-order chi connectivity index (χ0) is 15.3. The predicted octanol–water partition coefficient (Wildman–Crippen LogP) is 3.84. The molecule has 0 aliphatic heterocycles. The molecule has 0 amide bonds. The summed E-state index contributed by atoms with van der Waals surface area (Å²) in [6, 6.07) is 8.34. The number of benzene rings is 1. The maximum atomic E-state index is 11.1. The van der Waals surface area contributed by atoms with Crippen LogP contribution in [0.1, 0.15) is 58.2 Å². The summed E-state index contributed by atoms with van der Waals surface area (Å²) in [6.07, 6.45) is 0.149. The summed E-state index contributed by atoms with van der Waals surface area (Å²) >= 11 is 0. The van der Waals surface area contributed by atoms with E-state index in [2.05, 4.69) is 63.8 Å². The molecule has 1 rings (SSSR count). The zero-order valence-electron chi connectivity index (χ0n) is 13.3. The molecule has 20 heavy (non-hydrogen) atoms. The summed E-state index contributed by atoms with van der Waals surface area (Å²) in [7, 11) is 0. The topological polar surface area (TPSA) is 40.5 Å². The molecular weight excluding hydrogens is 250 g/mol. The van der Waals surface area contributed by atoms with Gasteiger partial charge >= 0.3 is 5.97 Å². The molecule has 0 saturated heterocycles. The van der Waals surface area contributed by atoms with Gasteiger partial charge in [-0.2, -0.15) is 0 Å². The van der Waals surface area contributed by atoms with E-state index < -0.39 is 5.97 Å². The molecule has 3 nitrogen and oxygen atoms in total. The quantitative estimate of drug-likeness (QED) is 0.858. The summed E-state index contributed by atoms with van der Waals surface area (Å²) < 4.78 is 0. The van der Waals surface area contributed by atoms with E-state index in [1.165, 1.54) is 5.56 Å². The Balaban J connectivity index is 3.05. The fourth-order valence-electron chi connectivity index (χ4n) is 2.49. The maximum Gasteiger partial charge on any atom is 0.305 e. The first-order valence-electron chi connectivity index (χ1n) is 7.35. The second-order valence-corrected chi connectivity index (χ2v) is 6.21. The fraction of sp³-hybridized carbons (Fsp3) is 0.588. The van der Waals surface area contributed by atoms with Gasteiger partial charge in [-0.05, 0) is 29.6 Å². The molecule has 1 N–H and O–H groups in total. The van der Waals surface area contributed by atoms with Crippen molar-refractivity contribution in [1.29, 1.82) is 0 Å². The molecule has 0 saturated carbocycles. The van der Waals surface area contributed by atoms with Crippen LogP contribution in [-0.2, 0) is 10.2 Å². The molecular formula is C17H27NO2. The minimum atomic E-state index is -0.748. The standard InChI is InChI=1S/C17H27NO2/c1-6-18(7-2)15(12-16(19)20)13-8-10-14(11-9-13)17(3,4)5/h8-11,15H,6-7,12H2,1-5H3,(H,19,20). The van der Waals surface area contributed by atoms with Crippen LogP contribution < -0.4 is 0 Å². The number of carboxylic acid groups (broad SMARTS) is 1. The smallest absolute Gasteiger partial charge is 0.305 e. The Bertz CT molecular complexity index is 427. The first kappa shape index (κ1) is 16.7. The third-order valence-electron chi connectivity index (χ3n) is 3.78. The van der Waals surface area contributed by atoms with Crippen molar-refractivity contribution in [2.45, 2.75) is 52.5 Å². The molecule has 0 radical (unpaired) electrons. The molecule has 0 fully saturated rings. The van der Waals surface area contributed by atoms with Crippen molar-refractivity contribution in [1.82, 2.24) is 4.90 Å². The molecule has 3 heteroatoms. The van der Waals surface area contributed by atoms with E-state index in [1.807, 2.05) is 0 Å². The van der Waals surface area contributed by atoms with Crippen molar-refractivity contribution in [3.63, 3.8) is 0 Å². The van der Waals surface area contributed by atoms with Crippen molar-refractivity contribution >= 4 is 5.97 Å². The molecule has 112 valence electrons. The number of hydrogen-bond donors (Lipinski definition) is 1. The van der Waals surface area contributed by atoms with Gasteiger partial charge in [-0.1, -0.05) is 58.9 Å². The molecule has 0 bridgehead atoms. The van der Waals surface area contributed by atoms with Crippen molar-refractivity contribution in [3.8, 4) is 0 Å². The first-order valence-corrected chi connectivity index (χ1v) is 7.35. The van der Waals surface area contributed by atoms with Crippen LogP contribution in [0.15, 0.2) is 24.3 Å². The minimum absolute atomic E-state index is 0.0449. The number of nitrogens with zero attached hydrogens (tertiary/aromatic N) is 1. The van der Waals surface area contributed by atoms with Gasteiger partial charge in [-0.15, -0.1) is 0 Å². The zero-order valence-corrected chi connectivity index (χ0v) is 13.3. The van der Waals surface area contributed by atoms with E-state index in [9.17, 15) is 4.79 Å². The normalized spacial score (nSPS) is 13.5. The van der Waals surface area contributed by atoms with Gasteiger partial charge in [0.2, 0.25) is 0 Å². The molecule has 0 spiro atoms. The number of carbonyl (C=O) groups is 1. The van der Waals surface area contributed by atoms with E-state index in [-0.39, 0.29) is 17.9 Å². The Morgan fingerprint density at radius 2 is 1.65 bits per heavy atom. The lowest BCUT2D eigenvalue weighted by atomic mass is 9.86. The summed E-state index contributed by atoms with van der Waals surface area (Å²) in [4.78, 5) is 13.3. The van der Waals surface area contributed by atoms with E-state index in [1.54, 1.807) is 0 Å². The van der Waals surface area contributed by atoms with Gasteiger partial charge in [0.25, 0.3) is 0 Å². The van der Waals surface area contributed by atoms with Crippen molar-refractivity contribution in [3.05, 3.63) is 35.4 Å². The second-order valence-electron chi connectivity index (χ2n) is 6.21. The Labute approximate surface area is 122 Å². The van der Waals surface area contributed by atoms with Gasteiger partial charge in [0.1, 0.15) is 0 Å². The van der Waals surface area contributed by atoms with Crippen molar-refractivity contribution in [2.24, 2.45) is 0 Å². The summed E-state index contributed by atoms with van der Waals surface area (Å²) in [6.45, 7) is 12.4. The van der Waals surface area contributed by atoms with Crippen LogP contribution in [0.3, 0.4) is 0 Å². The molecule has 0 aliphatic rings. The Morgan fingerprint density at radius 1 is 1.15 bits per heavy atom. The minimum Gasteiger partial charge on any atom is -0.481 e. The largest absolute Gasteiger partial charge is 0.481 e. The van der Waals surface area contributed by atoms with Gasteiger partial charge in [0.05, 0.1) is 6.42 Å². The van der Waals surface area contributed by atoms with Gasteiger partial charge in [-0.3, -0.25) is 9.69 Å². The average molecular weight is 277 g/mol. The number of hydrogen-bond acceptors (Lipinski definition) is 2. The molecule has 0 aromatic heterocycles. The lowest BCUT2D eigenvalue weighted by Gasteiger charge is -2.29. The molecule has 0 aliphatic carbocycles. The monoisotopic (exact) mass is 277 g/mol. The number of aliphatic carboxylic acids is 1. The summed E-state index contributed by atoms with van der Waals surface area (Å²) in [5.74, 6) is -0.748. The third-order valence-corrected chi connectivity index (χ3v) is 3.78. The highest BCUT2D eigenvalue weighted by atomic mass is 16.4. The van der Waals surface area contributed by atoms with Crippen LogP contribution in [0.2, 0.25) is 0 Å². The van der Waals surface area contributed by atoms with Crippen LogP contribution in [0.4, 0.5) is 0 Å². The highest BCUT2D eigenvalue weighted by Crippen LogP contribution is 2.28. The number of carboxylic acids is 1. The van der Waals surface area contributed by atoms with Gasteiger partial charge in [0.15, 0.2) is 0 Å². The van der Waals surface area contributed by atoms with Crippen LogP contribution >= 0.6 is 0 Å². The highest BCUT2D eigenvalue weighted by Gasteiger charge is 2.22. The predicted molar refractivity (Wildman–Crippen MR) is 83.1 cm³/mol. The maximum absolute atomic E-state index is 11.1. The van der Waals surface area contributed by atoms with Gasteiger partial charge in [0, 0.05) is 6.04 Å². The van der Waals surface area contributed by atoms with E-state index in [0.717, 1.165) is 18.7 Å². The third kappa shape index (κ3) is 4.34. The van der Waals surface area contributed by atoms with E-state index >= 15 is 0 Å².